The van der Waals surface area contributed by atoms with Crippen LogP contribution in [0.5, 0.6) is 11.5 Å². The number of halogens is 1. The van der Waals surface area contributed by atoms with Crippen LogP contribution >= 0.6 is 15.9 Å². The molecule has 0 radical (unpaired) electrons. The van der Waals surface area contributed by atoms with Gasteiger partial charge in [0.15, 0.2) is 23.9 Å². The van der Waals surface area contributed by atoms with Crippen LogP contribution in [0, 0.1) is 0 Å². The van der Waals surface area contributed by atoms with E-state index in [0.717, 1.165) is 10.0 Å². The molecule has 0 heterocycles. The number of benzene rings is 3. The number of hydrogen-bond donors (Lipinski definition) is 0. The molecule has 0 aliphatic heterocycles. The fourth-order valence-electron chi connectivity index (χ4n) is 2.57. The summed E-state index contributed by atoms with van der Waals surface area (Å²) in [5.74, 6) is 0.494. The fraction of sp³-hybridized carbons (Fsp3) is 0.130. The molecule has 0 spiro atoms. The lowest BCUT2D eigenvalue weighted by Gasteiger charge is -2.10. The van der Waals surface area contributed by atoms with Crippen LogP contribution < -0.4 is 9.47 Å². The maximum absolute atomic E-state index is 12.2. The molecular weight excluding hydrogens is 436 g/mol. The fourth-order valence-corrected chi connectivity index (χ4v) is 2.83. The first-order valence-corrected chi connectivity index (χ1v) is 9.67. The number of hydrogen-bond acceptors (Lipinski definition) is 5. The number of methoxy groups -OCH3 is 1. The second-order valence-electron chi connectivity index (χ2n) is 6.14. The highest BCUT2D eigenvalue weighted by atomic mass is 79.9. The van der Waals surface area contributed by atoms with E-state index in [9.17, 15) is 9.59 Å². The van der Waals surface area contributed by atoms with Crippen molar-refractivity contribution in [2.75, 3.05) is 13.7 Å². The van der Waals surface area contributed by atoms with Gasteiger partial charge in [0.25, 0.3) is 0 Å². The number of carbonyl (C=O) groups is 2. The van der Waals surface area contributed by atoms with E-state index in [1.165, 1.54) is 0 Å². The summed E-state index contributed by atoms with van der Waals surface area (Å²) in [5.41, 5.74) is 1.75. The summed E-state index contributed by atoms with van der Waals surface area (Å²) in [6.45, 7) is 0.0247. The number of rotatable bonds is 8. The third-order valence-electron chi connectivity index (χ3n) is 4.15. The van der Waals surface area contributed by atoms with Gasteiger partial charge in [0, 0.05) is 10.0 Å². The van der Waals surface area contributed by atoms with Gasteiger partial charge in [-0.2, -0.15) is 0 Å². The third-order valence-corrected chi connectivity index (χ3v) is 4.68. The maximum atomic E-state index is 12.2. The molecule has 5 nitrogen and oxygen atoms in total. The van der Waals surface area contributed by atoms with Crippen molar-refractivity contribution >= 4 is 27.7 Å². The second kappa shape index (κ2) is 9.89. The van der Waals surface area contributed by atoms with Crippen molar-refractivity contribution in [3.63, 3.8) is 0 Å². The van der Waals surface area contributed by atoms with E-state index in [4.69, 9.17) is 14.2 Å². The molecule has 0 saturated heterocycles. The highest BCUT2D eigenvalue weighted by Gasteiger charge is 2.12. The molecular formula is C23H19BrO5. The molecule has 0 amide bonds. The molecule has 0 atom stereocenters. The van der Waals surface area contributed by atoms with Crippen LogP contribution in [0.1, 0.15) is 26.3 Å². The largest absolute Gasteiger partial charge is 0.493 e. The number of Topliss-reactive ketones (excluding diaryl/α,β-unsaturated/α-hetero) is 1. The standard InChI is InChI=1S/C23H19BrO5/c1-27-21-4-2-3-5-22(21)28-14-16-6-8-18(9-7-16)23(26)29-15-20(25)17-10-12-19(24)13-11-17/h2-13H,14-15H2,1H3. The summed E-state index contributed by atoms with van der Waals surface area (Å²) in [7, 11) is 1.59. The topological polar surface area (TPSA) is 61.8 Å². The molecule has 0 aliphatic carbocycles. The van der Waals surface area contributed by atoms with Gasteiger partial charge >= 0.3 is 5.97 Å². The van der Waals surface area contributed by atoms with E-state index in [1.54, 1.807) is 55.6 Å². The van der Waals surface area contributed by atoms with Crippen LogP contribution in [-0.4, -0.2) is 25.5 Å². The van der Waals surface area contributed by atoms with Gasteiger partial charge < -0.3 is 14.2 Å². The SMILES string of the molecule is COc1ccccc1OCc1ccc(C(=O)OCC(=O)c2ccc(Br)cc2)cc1. The van der Waals surface area contributed by atoms with Gasteiger partial charge in [0.05, 0.1) is 12.7 Å². The van der Waals surface area contributed by atoms with Gasteiger partial charge in [-0.05, 0) is 42.0 Å². The Hall–Kier alpha value is -3.12. The van der Waals surface area contributed by atoms with E-state index in [-0.39, 0.29) is 12.4 Å². The van der Waals surface area contributed by atoms with E-state index in [2.05, 4.69) is 15.9 Å². The Morgan fingerprint density at radius 2 is 1.45 bits per heavy atom. The second-order valence-corrected chi connectivity index (χ2v) is 7.06. The number of carbonyl (C=O) groups excluding carboxylic acids is 2. The predicted molar refractivity (Wildman–Crippen MR) is 113 cm³/mol. The van der Waals surface area contributed by atoms with E-state index < -0.39 is 5.97 Å². The van der Waals surface area contributed by atoms with Crippen molar-refractivity contribution < 1.29 is 23.8 Å². The average molecular weight is 455 g/mol. The van der Waals surface area contributed by atoms with Gasteiger partial charge in [-0.25, -0.2) is 4.79 Å². The lowest BCUT2D eigenvalue weighted by Crippen LogP contribution is -2.14. The Kier molecular flexibility index (Phi) is 7.03. The normalized spacial score (nSPS) is 10.3. The van der Waals surface area contributed by atoms with Gasteiger partial charge in [-0.15, -0.1) is 0 Å². The number of para-hydroxylation sites is 2. The summed E-state index contributed by atoms with van der Waals surface area (Å²) in [6.07, 6.45) is 0. The summed E-state index contributed by atoms with van der Waals surface area (Å²) in [6, 6.07) is 21.1. The third kappa shape index (κ3) is 5.68. The Morgan fingerprint density at radius 3 is 2.10 bits per heavy atom. The van der Waals surface area contributed by atoms with Crippen molar-refractivity contribution in [3.8, 4) is 11.5 Å². The van der Waals surface area contributed by atoms with Crippen LogP contribution in [0.4, 0.5) is 0 Å². The van der Waals surface area contributed by atoms with Crippen LogP contribution in [0.2, 0.25) is 0 Å². The minimum absolute atomic E-state index is 0.257. The van der Waals surface area contributed by atoms with Crippen molar-refractivity contribution in [2.24, 2.45) is 0 Å². The van der Waals surface area contributed by atoms with Crippen LogP contribution in [0.15, 0.2) is 77.3 Å². The molecule has 0 aromatic heterocycles. The molecule has 3 rings (SSSR count). The quantitative estimate of drug-likeness (QED) is 0.350. The summed E-state index contributed by atoms with van der Waals surface area (Å²) < 4.78 is 17.0. The van der Waals surface area contributed by atoms with Gasteiger partial charge in [0.2, 0.25) is 0 Å². The lowest BCUT2D eigenvalue weighted by atomic mass is 10.1. The monoisotopic (exact) mass is 454 g/mol. The first-order valence-electron chi connectivity index (χ1n) is 8.87. The summed E-state index contributed by atoms with van der Waals surface area (Å²) in [4.78, 5) is 24.3. The molecule has 0 unspecified atom stereocenters. The van der Waals surface area contributed by atoms with Gasteiger partial charge in [-0.1, -0.05) is 52.3 Å². The Balaban J connectivity index is 1.53. The predicted octanol–water partition coefficient (Wildman–Crippen LogP) is 5.08. The molecule has 3 aromatic rings. The van der Waals surface area contributed by atoms with E-state index in [1.807, 2.05) is 24.3 Å². The number of ketones is 1. The first-order chi connectivity index (χ1) is 14.1. The molecule has 0 bridgehead atoms. The zero-order valence-electron chi connectivity index (χ0n) is 15.8. The highest BCUT2D eigenvalue weighted by Crippen LogP contribution is 2.26. The maximum Gasteiger partial charge on any atom is 0.338 e. The molecule has 3 aromatic carbocycles. The molecule has 0 N–H and O–H groups in total. The highest BCUT2D eigenvalue weighted by molar-refractivity contribution is 9.10. The van der Waals surface area contributed by atoms with Crippen molar-refractivity contribution in [2.45, 2.75) is 6.61 Å². The van der Waals surface area contributed by atoms with E-state index >= 15 is 0 Å². The van der Waals surface area contributed by atoms with Gasteiger partial charge in [-0.3, -0.25) is 4.79 Å². The van der Waals surface area contributed by atoms with Crippen molar-refractivity contribution in [3.05, 3.63) is 94.0 Å². The molecule has 6 heteroatoms. The zero-order chi connectivity index (χ0) is 20.6. The van der Waals surface area contributed by atoms with Crippen LogP contribution in [0.25, 0.3) is 0 Å². The van der Waals surface area contributed by atoms with Crippen molar-refractivity contribution in [1.82, 2.24) is 0 Å². The minimum atomic E-state index is -0.548. The summed E-state index contributed by atoms with van der Waals surface area (Å²) in [5, 5.41) is 0. The Morgan fingerprint density at radius 1 is 0.828 bits per heavy atom. The minimum Gasteiger partial charge on any atom is -0.493 e. The van der Waals surface area contributed by atoms with Crippen LogP contribution in [0.3, 0.4) is 0 Å². The molecule has 0 saturated carbocycles. The zero-order valence-corrected chi connectivity index (χ0v) is 17.3. The summed E-state index contributed by atoms with van der Waals surface area (Å²) >= 11 is 3.31. The first kappa shape index (κ1) is 20.6. The molecule has 29 heavy (non-hydrogen) atoms. The number of esters is 1. The Bertz CT molecular complexity index is 981. The molecule has 0 fully saturated rings. The van der Waals surface area contributed by atoms with Crippen molar-refractivity contribution in [1.29, 1.82) is 0 Å². The van der Waals surface area contributed by atoms with Crippen LogP contribution in [-0.2, 0) is 11.3 Å². The average Bonchev–Trinajstić information content (AvgIpc) is 2.76. The Labute approximate surface area is 177 Å². The number of ether oxygens (including phenoxy) is 3. The van der Waals surface area contributed by atoms with E-state index in [0.29, 0.717) is 29.2 Å². The lowest BCUT2D eigenvalue weighted by molar-refractivity contribution is 0.0474. The van der Waals surface area contributed by atoms with Gasteiger partial charge in [0.1, 0.15) is 6.61 Å². The smallest absolute Gasteiger partial charge is 0.338 e. The molecule has 148 valence electrons. The molecule has 0 aliphatic rings.